The van der Waals surface area contributed by atoms with E-state index < -0.39 is 0 Å². The van der Waals surface area contributed by atoms with Crippen LogP contribution in [-0.2, 0) is 13.1 Å². The quantitative estimate of drug-likeness (QED) is 0.656. The van der Waals surface area contributed by atoms with E-state index in [9.17, 15) is 0 Å². The highest BCUT2D eigenvalue weighted by Gasteiger charge is 2.05. The first-order valence-corrected chi connectivity index (χ1v) is 7.47. The van der Waals surface area contributed by atoms with Crippen LogP contribution in [0.4, 0.5) is 0 Å². The Labute approximate surface area is 117 Å². The Morgan fingerprint density at radius 2 is 2.05 bits per heavy atom. The summed E-state index contributed by atoms with van der Waals surface area (Å²) in [4.78, 5) is 6.76. The molecule has 5 nitrogen and oxygen atoms in total. The van der Waals surface area contributed by atoms with Crippen molar-refractivity contribution in [1.29, 1.82) is 0 Å². The van der Waals surface area contributed by atoms with Crippen LogP contribution in [0.3, 0.4) is 0 Å². The molecular weight excluding hydrogens is 238 g/mol. The van der Waals surface area contributed by atoms with Gasteiger partial charge in [-0.25, -0.2) is 9.67 Å². The Bertz CT molecular complexity index is 330. The fourth-order valence-corrected chi connectivity index (χ4v) is 2.09. The molecule has 19 heavy (non-hydrogen) atoms. The molecule has 0 aliphatic carbocycles. The average molecular weight is 267 g/mol. The molecule has 0 radical (unpaired) electrons. The molecule has 0 spiro atoms. The van der Waals surface area contributed by atoms with E-state index in [0.717, 1.165) is 38.5 Å². The second kappa shape index (κ2) is 9.04. The topological polar surface area (TPSA) is 46.0 Å². The summed E-state index contributed by atoms with van der Waals surface area (Å²) in [6.07, 6.45) is 2.83. The number of aromatic nitrogens is 3. The van der Waals surface area contributed by atoms with Crippen molar-refractivity contribution < 1.29 is 0 Å². The first-order chi connectivity index (χ1) is 9.17. The zero-order valence-electron chi connectivity index (χ0n) is 12.9. The minimum atomic E-state index is 0.600. The number of nitrogens with one attached hydrogen (secondary N) is 1. The van der Waals surface area contributed by atoms with Gasteiger partial charge in [0.25, 0.3) is 0 Å². The lowest BCUT2D eigenvalue weighted by atomic mass is 10.2. The first kappa shape index (κ1) is 16.1. The molecule has 1 aromatic rings. The molecule has 5 heteroatoms. The van der Waals surface area contributed by atoms with Crippen molar-refractivity contribution in [2.45, 2.75) is 47.2 Å². The number of hydrogen-bond acceptors (Lipinski definition) is 4. The Hall–Kier alpha value is -0.940. The van der Waals surface area contributed by atoms with Crippen LogP contribution in [0.25, 0.3) is 0 Å². The molecule has 1 heterocycles. The molecule has 0 unspecified atom stereocenters. The summed E-state index contributed by atoms with van der Waals surface area (Å²) in [5, 5.41) is 7.72. The first-order valence-electron chi connectivity index (χ1n) is 7.47. The van der Waals surface area contributed by atoms with Crippen LogP contribution < -0.4 is 5.32 Å². The SMILES string of the molecule is CCN(CC)CCCNCc1ncnn1CC(C)C. The van der Waals surface area contributed by atoms with E-state index in [-0.39, 0.29) is 0 Å². The van der Waals surface area contributed by atoms with E-state index in [0.29, 0.717) is 5.92 Å². The van der Waals surface area contributed by atoms with Gasteiger partial charge >= 0.3 is 0 Å². The number of nitrogens with zero attached hydrogens (tertiary/aromatic N) is 4. The summed E-state index contributed by atoms with van der Waals surface area (Å²) < 4.78 is 2.00. The predicted molar refractivity (Wildman–Crippen MR) is 79.0 cm³/mol. The zero-order chi connectivity index (χ0) is 14.1. The van der Waals surface area contributed by atoms with Crippen molar-refractivity contribution in [3.63, 3.8) is 0 Å². The Morgan fingerprint density at radius 3 is 2.68 bits per heavy atom. The van der Waals surface area contributed by atoms with Gasteiger partial charge in [-0.05, 0) is 38.5 Å². The van der Waals surface area contributed by atoms with Crippen LogP contribution in [0.5, 0.6) is 0 Å². The Kier molecular flexibility index (Phi) is 7.67. The van der Waals surface area contributed by atoms with E-state index in [4.69, 9.17) is 0 Å². The minimum Gasteiger partial charge on any atom is -0.310 e. The summed E-state index contributed by atoms with van der Waals surface area (Å²) in [5.41, 5.74) is 0. The second-order valence-corrected chi connectivity index (χ2v) is 5.31. The van der Waals surface area contributed by atoms with Gasteiger partial charge in [0.05, 0.1) is 6.54 Å². The van der Waals surface area contributed by atoms with Crippen molar-refractivity contribution in [3.8, 4) is 0 Å². The normalized spacial score (nSPS) is 11.7. The highest BCUT2D eigenvalue weighted by atomic mass is 15.3. The van der Waals surface area contributed by atoms with Crippen LogP contribution in [0.15, 0.2) is 6.33 Å². The van der Waals surface area contributed by atoms with Gasteiger partial charge in [0.15, 0.2) is 0 Å². The lowest BCUT2D eigenvalue weighted by Crippen LogP contribution is -2.27. The molecule has 1 N–H and O–H groups in total. The molecule has 0 aliphatic heterocycles. The van der Waals surface area contributed by atoms with E-state index >= 15 is 0 Å². The van der Waals surface area contributed by atoms with Crippen molar-refractivity contribution in [1.82, 2.24) is 25.0 Å². The summed E-state index contributed by atoms with van der Waals surface area (Å²) in [6, 6.07) is 0. The van der Waals surface area contributed by atoms with Crippen LogP contribution in [0.2, 0.25) is 0 Å². The molecule has 110 valence electrons. The summed E-state index contributed by atoms with van der Waals surface area (Å²) in [5.74, 6) is 1.64. The van der Waals surface area contributed by atoms with Gasteiger partial charge in [0.2, 0.25) is 0 Å². The van der Waals surface area contributed by atoms with Gasteiger partial charge in [0.1, 0.15) is 12.2 Å². The lowest BCUT2D eigenvalue weighted by molar-refractivity contribution is 0.297. The minimum absolute atomic E-state index is 0.600. The molecular formula is C14H29N5. The predicted octanol–water partition coefficient (Wildman–Crippen LogP) is 1.76. The molecule has 1 aromatic heterocycles. The molecule has 0 atom stereocenters. The monoisotopic (exact) mass is 267 g/mol. The maximum atomic E-state index is 4.31. The van der Waals surface area contributed by atoms with Crippen molar-refractivity contribution in [3.05, 3.63) is 12.2 Å². The zero-order valence-corrected chi connectivity index (χ0v) is 12.9. The van der Waals surface area contributed by atoms with E-state index in [2.05, 4.69) is 48.0 Å². The molecule has 0 saturated carbocycles. The van der Waals surface area contributed by atoms with E-state index in [1.54, 1.807) is 6.33 Å². The van der Waals surface area contributed by atoms with E-state index in [1.807, 2.05) is 4.68 Å². The summed E-state index contributed by atoms with van der Waals surface area (Å²) >= 11 is 0. The van der Waals surface area contributed by atoms with Gasteiger partial charge in [-0.1, -0.05) is 27.7 Å². The highest BCUT2D eigenvalue weighted by Crippen LogP contribution is 2.00. The maximum Gasteiger partial charge on any atom is 0.140 e. The number of rotatable bonds is 10. The molecule has 0 saturated heterocycles. The maximum absolute atomic E-state index is 4.31. The third kappa shape index (κ3) is 6.16. The fraction of sp³-hybridized carbons (Fsp3) is 0.857. The average Bonchev–Trinajstić information content (AvgIpc) is 2.80. The van der Waals surface area contributed by atoms with Crippen LogP contribution in [0.1, 0.15) is 39.9 Å². The molecule has 1 rings (SSSR count). The van der Waals surface area contributed by atoms with E-state index in [1.165, 1.54) is 13.0 Å². The molecule has 0 aliphatic rings. The third-order valence-electron chi connectivity index (χ3n) is 3.24. The fourth-order valence-electron chi connectivity index (χ4n) is 2.09. The highest BCUT2D eigenvalue weighted by molar-refractivity contribution is 4.84. The van der Waals surface area contributed by atoms with Gasteiger partial charge in [-0.3, -0.25) is 0 Å². The molecule has 0 amide bonds. The van der Waals surface area contributed by atoms with Crippen LogP contribution in [-0.4, -0.2) is 45.8 Å². The van der Waals surface area contributed by atoms with Gasteiger partial charge in [-0.2, -0.15) is 5.10 Å². The largest absolute Gasteiger partial charge is 0.310 e. The van der Waals surface area contributed by atoms with Gasteiger partial charge < -0.3 is 10.2 Å². The van der Waals surface area contributed by atoms with Gasteiger partial charge in [-0.15, -0.1) is 0 Å². The smallest absolute Gasteiger partial charge is 0.140 e. The Balaban J connectivity index is 2.20. The summed E-state index contributed by atoms with van der Waals surface area (Å²) in [6.45, 7) is 15.0. The van der Waals surface area contributed by atoms with Crippen LogP contribution >= 0.6 is 0 Å². The molecule has 0 bridgehead atoms. The van der Waals surface area contributed by atoms with Crippen molar-refractivity contribution in [2.75, 3.05) is 26.2 Å². The standard InChI is InChI=1S/C14H29N5/c1-5-18(6-2)9-7-8-15-10-14-16-12-17-19(14)11-13(3)4/h12-13,15H,5-11H2,1-4H3. The second-order valence-electron chi connectivity index (χ2n) is 5.31. The van der Waals surface area contributed by atoms with Crippen molar-refractivity contribution >= 4 is 0 Å². The van der Waals surface area contributed by atoms with Crippen LogP contribution in [0, 0.1) is 5.92 Å². The number of hydrogen-bond donors (Lipinski definition) is 1. The van der Waals surface area contributed by atoms with Gasteiger partial charge in [0, 0.05) is 6.54 Å². The van der Waals surface area contributed by atoms with Crippen molar-refractivity contribution in [2.24, 2.45) is 5.92 Å². The Morgan fingerprint density at radius 1 is 1.32 bits per heavy atom. The lowest BCUT2D eigenvalue weighted by Gasteiger charge is -2.17. The summed E-state index contributed by atoms with van der Waals surface area (Å²) in [7, 11) is 0. The molecule has 0 aromatic carbocycles. The molecule has 0 fully saturated rings. The third-order valence-corrected chi connectivity index (χ3v) is 3.24.